The maximum Gasteiger partial charge on any atom is 0.310 e. The molecule has 0 bridgehead atoms. The van der Waals surface area contributed by atoms with Crippen molar-refractivity contribution in [1.29, 1.82) is 0 Å². The molecule has 0 spiro atoms. The number of nitro benzene ring substituents is 1. The average Bonchev–Trinajstić information content (AvgIpc) is 3.33. The fraction of sp³-hybridized carbons (Fsp3) is 0.370. The van der Waals surface area contributed by atoms with E-state index in [0.29, 0.717) is 36.5 Å². The maximum absolute atomic E-state index is 13.1. The number of likely N-dealkylation sites (tertiary alicyclic amines) is 1. The smallest absolute Gasteiger partial charge is 0.310 e. The van der Waals surface area contributed by atoms with E-state index in [0.717, 1.165) is 29.5 Å². The highest BCUT2D eigenvalue weighted by Crippen LogP contribution is 2.38. The lowest BCUT2D eigenvalue weighted by molar-refractivity contribution is -0.385. The number of hydrogen-bond donors (Lipinski definition) is 2. The highest BCUT2D eigenvalue weighted by Gasteiger charge is 2.32. The summed E-state index contributed by atoms with van der Waals surface area (Å²) in [6, 6.07) is 10.1. The Morgan fingerprint density at radius 3 is 2.86 bits per heavy atom. The lowest BCUT2D eigenvalue weighted by Crippen LogP contribution is -2.38. The minimum Gasteiger partial charge on any atom is -0.490 e. The molecule has 2 aliphatic heterocycles. The molecule has 2 N–H and O–H groups in total. The van der Waals surface area contributed by atoms with Crippen LogP contribution >= 0.6 is 0 Å². The van der Waals surface area contributed by atoms with Crippen molar-refractivity contribution in [3.05, 3.63) is 63.7 Å². The number of allylic oxidation sites excluding steroid dienone is 2. The van der Waals surface area contributed by atoms with Crippen LogP contribution < -0.4 is 10.1 Å². The normalized spacial score (nSPS) is 20.7. The molecule has 5 rings (SSSR count). The van der Waals surface area contributed by atoms with Gasteiger partial charge < -0.3 is 20.1 Å². The van der Waals surface area contributed by atoms with Crippen LogP contribution in [0.4, 0.5) is 17.1 Å². The zero-order valence-corrected chi connectivity index (χ0v) is 20.5. The van der Waals surface area contributed by atoms with Crippen LogP contribution in [0.2, 0.25) is 0 Å². The summed E-state index contributed by atoms with van der Waals surface area (Å²) < 4.78 is 5.21. The number of nitrogens with one attached hydrogen (secondary N) is 1. The maximum atomic E-state index is 13.1. The quantitative estimate of drug-likeness (QED) is 0.456. The second-order valence-corrected chi connectivity index (χ2v) is 9.52. The van der Waals surface area contributed by atoms with Gasteiger partial charge in [0.15, 0.2) is 5.75 Å². The van der Waals surface area contributed by atoms with E-state index in [1.165, 1.54) is 13.2 Å². The average molecular weight is 505 g/mol. The molecular weight excluding hydrogens is 476 g/mol. The minimum absolute atomic E-state index is 0.0347. The summed E-state index contributed by atoms with van der Waals surface area (Å²) in [5, 5.41) is 23.7. The number of nitro groups is 1. The van der Waals surface area contributed by atoms with Crippen LogP contribution in [0.3, 0.4) is 0 Å². The second kappa shape index (κ2) is 10.1. The number of fused-ring (bicyclic) bond motifs is 2. The van der Waals surface area contributed by atoms with Crippen LogP contribution in [0.25, 0.3) is 5.57 Å². The number of carbonyl (C=O) groups is 2. The summed E-state index contributed by atoms with van der Waals surface area (Å²) in [7, 11) is 1.39. The van der Waals surface area contributed by atoms with Gasteiger partial charge >= 0.3 is 5.69 Å². The number of rotatable bonds is 6. The van der Waals surface area contributed by atoms with Gasteiger partial charge in [-0.1, -0.05) is 6.07 Å². The number of ether oxygens (including phenoxy) is 1. The fourth-order valence-corrected chi connectivity index (χ4v) is 5.31. The fourth-order valence-electron chi connectivity index (χ4n) is 5.31. The molecule has 2 aromatic rings. The Balaban J connectivity index is 1.42. The standard InChI is InChI=1S/C27H28N4O6/c1-37-25-14-18(6-9-24(25)31(35)36)17-5-7-20-22(13-17)28-21-8-4-16(11-23(21)29-27(20)34)12-26(33)30-10-2-3-19(30)15-32/h4,6,8-9,11,13-14,19-20,32H,2-3,5,7,10,12,15H2,1H3,(H,29,34)/t19-,20?/m0/s1. The van der Waals surface area contributed by atoms with Gasteiger partial charge in [0.2, 0.25) is 11.8 Å². The lowest BCUT2D eigenvalue weighted by Gasteiger charge is -2.23. The summed E-state index contributed by atoms with van der Waals surface area (Å²) in [4.78, 5) is 43.2. The van der Waals surface area contributed by atoms with Crippen molar-refractivity contribution >= 4 is 40.2 Å². The van der Waals surface area contributed by atoms with Crippen molar-refractivity contribution in [2.24, 2.45) is 10.9 Å². The zero-order chi connectivity index (χ0) is 26.1. The topological polar surface area (TPSA) is 134 Å². The number of anilines is 1. The highest BCUT2D eigenvalue weighted by atomic mass is 16.6. The van der Waals surface area contributed by atoms with Crippen molar-refractivity contribution in [1.82, 2.24) is 4.90 Å². The molecule has 3 aliphatic rings. The molecule has 1 unspecified atom stereocenters. The van der Waals surface area contributed by atoms with Gasteiger partial charge in [-0.2, -0.15) is 0 Å². The highest BCUT2D eigenvalue weighted by molar-refractivity contribution is 6.19. The Labute approximate surface area is 213 Å². The van der Waals surface area contributed by atoms with Gasteiger partial charge in [0.25, 0.3) is 0 Å². The number of carbonyl (C=O) groups excluding carboxylic acids is 2. The number of methoxy groups -OCH3 is 1. The van der Waals surface area contributed by atoms with E-state index in [1.807, 2.05) is 12.1 Å². The van der Waals surface area contributed by atoms with Gasteiger partial charge in [-0.15, -0.1) is 0 Å². The molecule has 37 heavy (non-hydrogen) atoms. The molecule has 2 amide bonds. The third-order valence-corrected chi connectivity index (χ3v) is 7.28. The number of benzene rings is 2. The van der Waals surface area contributed by atoms with E-state index in [4.69, 9.17) is 9.73 Å². The third kappa shape index (κ3) is 4.84. The zero-order valence-electron chi connectivity index (χ0n) is 20.5. The first-order valence-corrected chi connectivity index (χ1v) is 12.3. The van der Waals surface area contributed by atoms with Crippen molar-refractivity contribution in [3.63, 3.8) is 0 Å². The predicted molar refractivity (Wildman–Crippen MR) is 138 cm³/mol. The Kier molecular flexibility index (Phi) is 6.75. The number of aliphatic hydroxyl groups is 1. The van der Waals surface area contributed by atoms with E-state index in [1.54, 1.807) is 29.2 Å². The molecule has 192 valence electrons. The van der Waals surface area contributed by atoms with Gasteiger partial charge in [-0.3, -0.25) is 24.7 Å². The van der Waals surface area contributed by atoms with Crippen molar-refractivity contribution < 1.29 is 24.4 Å². The molecule has 0 saturated carbocycles. The number of amides is 2. The van der Waals surface area contributed by atoms with E-state index >= 15 is 0 Å². The van der Waals surface area contributed by atoms with Gasteiger partial charge in [0, 0.05) is 12.6 Å². The van der Waals surface area contributed by atoms with E-state index in [2.05, 4.69) is 5.32 Å². The molecule has 1 fully saturated rings. The third-order valence-electron chi connectivity index (χ3n) is 7.28. The SMILES string of the molecule is COc1cc(C2=CC3=Nc4ccc(CC(=O)N5CCC[C@H]5CO)cc4NC(=O)C3CC2)ccc1[N+](=O)[O-]. The second-order valence-electron chi connectivity index (χ2n) is 9.52. The first-order valence-electron chi connectivity index (χ1n) is 12.3. The molecule has 10 heteroatoms. The summed E-state index contributed by atoms with van der Waals surface area (Å²) in [5.41, 5.74) is 4.16. The lowest BCUT2D eigenvalue weighted by atomic mass is 9.84. The first-order chi connectivity index (χ1) is 17.9. The number of hydrogen-bond acceptors (Lipinski definition) is 7. The summed E-state index contributed by atoms with van der Waals surface area (Å²) in [6.07, 6.45) is 4.92. The van der Waals surface area contributed by atoms with E-state index in [-0.39, 0.29) is 42.3 Å². The van der Waals surface area contributed by atoms with Gasteiger partial charge in [-0.05, 0) is 72.7 Å². The van der Waals surface area contributed by atoms with Gasteiger partial charge in [-0.25, -0.2) is 0 Å². The molecule has 1 aliphatic carbocycles. The molecule has 2 atom stereocenters. The molecule has 1 saturated heterocycles. The molecule has 10 nitrogen and oxygen atoms in total. The summed E-state index contributed by atoms with van der Waals surface area (Å²) in [6.45, 7) is 0.614. The molecule has 0 radical (unpaired) electrons. The predicted octanol–water partition coefficient (Wildman–Crippen LogP) is 3.65. The summed E-state index contributed by atoms with van der Waals surface area (Å²) >= 11 is 0. The Bertz CT molecular complexity index is 1330. The molecule has 0 aromatic heterocycles. The Morgan fingerprint density at radius 1 is 1.27 bits per heavy atom. The summed E-state index contributed by atoms with van der Waals surface area (Å²) in [5.74, 6) is -0.436. The van der Waals surface area contributed by atoms with Crippen LogP contribution in [0.5, 0.6) is 5.75 Å². The monoisotopic (exact) mass is 504 g/mol. The van der Waals surface area contributed by atoms with Crippen molar-refractivity contribution in [2.45, 2.75) is 38.1 Å². The van der Waals surface area contributed by atoms with E-state index < -0.39 is 10.8 Å². The van der Waals surface area contributed by atoms with Gasteiger partial charge in [0.05, 0.1) is 54.1 Å². The first kappa shape index (κ1) is 24.6. The van der Waals surface area contributed by atoms with Crippen molar-refractivity contribution in [2.75, 3.05) is 25.6 Å². The largest absolute Gasteiger partial charge is 0.490 e. The van der Waals surface area contributed by atoms with Crippen LogP contribution in [0, 0.1) is 16.0 Å². The molecular formula is C27H28N4O6. The Morgan fingerprint density at radius 2 is 2.11 bits per heavy atom. The van der Waals surface area contributed by atoms with Crippen LogP contribution in [-0.2, 0) is 16.0 Å². The van der Waals surface area contributed by atoms with Gasteiger partial charge in [0.1, 0.15) is 0 Å². The van der Waals surface area contributed by atoms with Crippen molar-refractivity contribution in [3.8, 4) is 5.75 Å². The van der Waals surface area contributed by atoms with Crippen LogP contribution in [0.1, 0.15) is 36.8 Å². The Hall–Kier alpha value is -4.05. The van der Waals surface area contributed by atoms with Crippen LogP contribution in [-0.4, -0.2) is 58.8 Å². The number of nitrogens with zero attached hydrogens (tertiary/aromatic N) is 3. The number of aliphatic imine (C=N–C) groups is 1. The van der Waals surface area contributed by atoms with Crippen LogP contribution in [0.15, 0.2) is 47.5 Å². The number of aliphatic hydroxyl groups excluding tert-OH is 1. The van der Waals surface area contributed by atoms with E-state index in [9.17, 15) is 24.8 Å². The molecule has 2 aromatic carbocycles. The minimum atomic E-state index is -0.484. The molecule has 2 heterocycles.